The molecule has 0 radical (unpaired) electrons. The van der Waals surface area contributed by atoms with E-state index >= 15 is 0 Å². The van der Waals surface area contributed by atoms with Crippen LogP contribution in [0.3, 0.4) is 0 Å². The van der Waals surface area contributed by atoms with Crippen molar-refractivity contribution in [3.05, 3.63) is 28.7 Å². The maximum Gasteiger partial charge on any atom is 0.250 e. The number of anilines is 1. The predicted octanol–water partition coefficient (Wildman–Crippen LogP) is 2.48. The molecule has 3 unspecified atom stereocenters. The highest BCUT2D eigenvalue weighted by atomic mass is 16.5. The Kier molecular flexibility index (Phi) is 3.36. The summed E-state index contributed by atoms with van der Waals surface area (Å²) in [6, 6.07) is 3.99. The smallest absolute Gasteiger partial charge is 0.250 e. The average molecular weight is 276 g/mol. The van der Waals surface area contributed by atoms with Crippen LogP contribution >= 0.6 is 0 Å². The second-order valence-electron chi connectivity index (χ2n) is 6.64. The Labute approximate surface area is 120 Å². The fraction of sp³-hybridized carbons (Fsp3) is 0.688. The summed E-state index contributed by atoms with van der Waals surface area (Å²) < 4.78 is 7.61. The van der Waals surface area contributed by atoms with Crippen LogP contribution in [0.2, 0.25) is 0 Å². The van der Waals surface area contributed by atoms with Crippen molar-refractivity contribution in [1.29, 1.82) is 0 Å². The number of nitrogens with one attached hydrogen (secondary N) is 1. The Morgan fingerprint density at radius 1 is 1.45 bits per heavy atom. The van der Waals surface area contributed by atoms with Gasteiger partial charge in [0.1, 0.15) is 0 Å². The van der Waals surface area contributed by atoms with Crippen LogP contribution in [0.4, 0.5) is 5.69 Å². The highest BCUT2D eigenvalue weighted by molar-refractivity contribution is 5.44. The van der Waals surface area contributed by atoms with Gasteiger partial charge in [0, 0.05) is 42.8 Å². The maximum absolute atomic E-state index is 11.8. The third-order valence-corrected chi connectivity index (χ3v) is 4.87. The molecule has 1 saturated carbocycles. The first-order valence-electron chi connectivity index (χ1n) is 7.62. The molecule has 2 heterocycles. The van der Waals surface area contributed by atoms with E-state index in [2.05, 4.69) is 26.1 Å². The van der Waals surface area contributed by atoms with Gasteiger partial charge in [0.15, 0.2) is 0 Å². The first-order valence-corrected chi connectivity index (χ1v) is 7.62. The van der Waals surface area contributed by atoms with E-state index in [1.165, 1.54) is 0 Å². The fourth-order valence-electron chi connectivity index (χ4n) is 3.83. The minimum Gasteiger partial charge on any atom is -0.380 e. The quantitative estimate of drug-likeness (QED) is 0.918. The van der Waals surface area contributed by atoms with Crippen LogP contribution < -0.4 is 10.9 Å². The van der Waals surface area contributed by atoms with E-state index in [4.69, 9.17) is 4.74 Å². The molecule has 4 nitrogen and oxygen atoms in total. The molecule has 1 saturated heterocycles. The molecule has 1 aliphatic heterocycles. The molecule has 0 amide bonds. The summed E-state index contributed by atoms with van der Waals surface area (Å²) in [5.41, 5.74) is 1.28. The molecule has 0 spiro atoms. The number of hydrogen-bond donors (Lipinski definition) is 1. The lowest BCUT2D eigenvalue weighted by atomic mass is 9.57. The van der Waals surface area contributed by atoms with Gasteiger partial charge < -0.3 is 14.6 Å². The fourth-order valence-corrected chi connectivity index (χ4v) is 3.83. The van der Waals surface area contributed by atoms with Gasteiger partial charge in [0.2, 0.25) is 0 Å². The van der Waals surface area contributed by atoms with Crippen LogP contribution in [0.15, 0.2) is 23.1 Å². The van der Waals surface area contributed by atoms with Crippen molar-refractivity contribution < 1.29 is 4.74 Å². The number of ether oxygens (including phenoxy) is 1. The molecule has 20 heavy (non-hydrogen) atoms. The van der Waals surface area contributed by atoms with Crippen molar-refractivity contribution in [3.63, 3.8) is 0 Å². The summed E-state index contributed by atoms with van der Waals surface area (Å²) in [5.74, 6) is 0.608. The Morgan fingerprint density at radius 2 is 2.25 bits per heavy atom. The highest BCUT2D eigenvalue weighted by Gasteiger charge is 2.59. The number of aromatic nitrogens is 1. The number of aryl methyl sites for hydroxylation is 1. The average Bonchev–Trinajstić information content (AvgIpc) is 2.86. The van der Waals surface area contributed by atoms with Crippen molar-refractivity contribution in [2.45, 2.75) is 52.3 Å². The molecule has 0 bridgehead atoms. The van der Waals surface area contributed by atoms with E-state index in [0.29, 0.717) is 18.1 Å². The largest absolute Gasteiger partial charge is 0.380 e. The lowest BCUT2D eigenvalue weighted by molar-refractivity contribution is -0.0923. The van der Waals surface area contributed by atoms with Gasteiger partial charge in [-0.05, 0) is 18.9 Å². The van der Waals surface area contributed by atoms with Gasteiger partial charge in [-0.1, -0.05) is 20.8 Å². The van der Waals surface area contributed by atoms with Crippen molar-refractivity contribution in [2.24, 2.45) is 11.3 Å². The molecule has 0 aromatic carbocycles. The summed E-state index contributed by atoms with van der Waals surface area (Å²) in [6.07, 6.45) is 4.45. The zero-order valence-corrected chi connectivity index (χ0v) is 12.6. The molecule has 3 atom stereocenters. The van der Waals surface area contributed by atoms with Crippen LogP contribution in [-0.2, 0) is 11.3 Å². The predicted molar refractivity (Wildman–Crippen MR) is 80.0 cm³/mol. The van der Waals surface area contributed by atoms with Gasteiger partial charge in [0.05, 0.1) is 11.8 Å². The van der Waals surface area contributed by atoms with E-state index in [1.807, 2.05) is 12.3 Å². The highest BCUT2D eigenvalue weighted by Crippen LogP contribution is 2.53. The van der Waals surface area contributed by atoms with E-state index in [-0.39, 0.29) is 11.0 Å². The van der Waals surface area contributed by atoms with Gasteiger partial charge in [-0.2, -0.15) is 0 Å². The van der Waals surface area contributed by atoms with Crippen molar-refractivity contribution >= 4 is 5.69 Å². The van der Waals surface area contributed by atoms with E-state index in [0.717, 1.165) is 31.7 Å². The lowest BCUT2D eigenvalue weighted by Gasteiger charge is -2.55. The Bertz CT molecular complexity index is 550. The number of pyridine rings is 1. The number of fused-ring (bicyclic) bond motifs is 1. The molecule has 1 aromatic heterocycles. The number of rotatable bonds is 4. The molecule has 1 aromatic rings. The third-order valence-electron chi connectivity index (χ3n) is 4.87. The second-order valence-corrected chi connectivity index (χ2v) is 6.64. The molecule has 110 valence electrons. The summed E-state index contributed by atoms with van der Waals surface area (Å²) in [5, 5.41) is 3.63. The summed E-state index contributed by atoms with van der Waals surface area (Å²) >= 11 is 0. The minimum atomic E-state index is 0.0762. The Morgan fingerprint density at radius 3 is 3.00 bits per heavy atom. The van der Waals surface area contributed by atoms with Crippen LogP contribution in [-0.4, -0.2) is 23.3 Å². The van der Waals surface area contributed by atoms with E-state index in [1.54, 1.807) is 10.6 Å². The minimum absolute atomic E-state index is 0.0762. The first kappa shape index (κ1) is 13.7. The van der Waals surface area contributed by atoms with Crippen LogP contribution in [0.1, 0.15) is 33.6 Å². The van der Waals surface area contributed by atoms with Crippen molar-refractivity contribution in [1.82, 2.24) is 4.57 Å². The second kappa shape index (κ2) is 4.92. The molecule has 1 aliphatic carbocycles. The standard InChI is InChI=1S/C16H24N2O2/c1-4-8-18-10-11(5-6-13(18)19)17-14-12-7-9-20-15(12)16(14,2)3/h5-6,10,12,14-15,17H,4,7-9H2,1-3H3. The van der Waals surface area contributed by atoms with Crippen LogP contribution in [0.25, 0.3) is 0 Å². The van der Waals surface area contributed by atoms with Gasteiger partial charge in [-0.3, -0.25) is 4.79 Å². The van der Waals surface area contributed by atoms with Crippen molar-refractivity contribution in [2.75, 3.05) is 11.9 Å². The number of nitrogens with zero attached hydrogens (tertiary/aromatic N) is 1. The third kappa shape index (κ3) is 2.06. The van der Waals surface area contributed by atoms with Gasteiger partial charge in [-0.15, -0.1) is 0 Å². The van der Waals surface area contributed by atoms with Crippen LogP contribution in [0.5, 0.6) is 0 Å². The molecule has 3 rings (SSSR count). The molecule has 1 N–H and O–H groups in total. The van der Waals surface area contributed by atoms with E-state index < -0.39 is 0 Å². The molecule has 4 heteroatoms. The molecular weight excluding hydrogens is 252 g/mol. The Balaban J connectivity index is 1.78. The lowest BCUT2D eigenvalue weighted by Crippen LogP contribution is -2.63. The zero-order valence-electron chi connectivity index (χ0n) is 12.6. The molecule has 2 aliphatic rings. The van der Waals surface area contributed by atoms with Gasteiger partial charge >= 0.3 is 0 Å². The topological polar surface area (TPSA) is 43.3 Å². The molecular formula is C16H24N2O2. The van der Waals surface area contributed by atoms with Gasteiger partial charge in [-0.25, -0.2) is 0 Å². The first-order chi connectivity index (χ1) is 9.54. The number of hydrogen-bond acceptors (Lipinski definition) is 3. The normalized spacial score (nSPS) is 30.6. The summed E-state index contributed by atoms with van der Waals surface area (Å²) in [7, 11) is 0. The summed E-state index contributed by atoms with van der Waals surface area (Å²) in [6.45, 7) is 8.27. The monoisotopic (exact) mass is 276 g/mol. The SMILES string of the molecule is CCCn1cc(NC2C3CCOC3C2(C)C)ccc1=O. The summed E-state index contributed by atoms with van der Waals surface area (Å²) in [4.78, 5) is 11.8. The zero-order chi connectivity index (χ0) is 14.3. The van der Waals surface area contributed by atoms with Crippen molar-refractivity contribution in [3.8, 4) is 0 Å². The van der Waals surface area contributed by atoms with Gasteiger partial charge in [0.25, 0.3) is 5.56 Å². The van der Waals surface area contributed by atoms with E-state index in [9.17, 15) is 4.79 Å². The Hall–Kier alpha value is -1.29. The van der Waals surface area contributed by atoms with Crippen LogP contribution in [0, 0.1) is 11.3 Å². The maximum atomic E-state index is 11.8. The molecule has 2 fully saturated rings.